The Bertz CT molecular complexity index is 648. The fourth-order valence-electron chi connectivity index (χ4n) is 4.23. The minimum Gasteiger partial charge on any atom is -0.352 e. The number of fused-ring (bicyclic) bond motifs is 2. The molecule has 3 rings (SSSR count). The molecule has 0 aromatic carbocycles. The van der Waals surface area contributed by atoms with Crippen LogP contribution in [0.5, 0.6) is 0 Å². The van der Waals surface area contributed by atoms with Crippen LogP contribution in [-0.2, 0) is 18.0 Å². The summed E-state index contributed by atoms with van der Waals surface area (Å²) in [7, 11) is 1.26. The minimum atomic E-state index is -4.55. The van der Waals surface area contributed by atoms with Crippen LogP contribution in [0.15, 0.2) is 5.16 Å². The van der Waals surface area contributed by atoms with Crippen molar-refractivity contribution in [2.24, 2.45) is 24.8 Å². The van der Waals surface area contributed by atoms with Gasteiger partial charge in [-0.1, -0.05) is 18.2 Å². The van der Waals surface area contributed by atoms with Gasteiger partial charge in [0.25, 0.3) is 0 Å². The zero-order valence-electron chi connectivity index (χ0n) is 14.5. The fourth-order valence-corrected chi connectivity index (χ4v) is 5.05. The third-order valence-corrected chi connectivity index (χ3v) is 6.68. The van der Waals surface area contributed by atoms with Gasteiger partial charge in [-0.25, -0.2) is 0 Å². The van der Waals surface area contributed by atoms with E-state index in [1.54, 1.807) is 6.92 Å². The summed E-state index contributed by atoms with van der Waals surface area (Å²) in [5.41, 5.74) is 0. The van der Waals surface area contributed by atoms with Crippen molar-refractivity contribution in [3.8, 4) is 0 Å². The van der Waals surface area contributed by atoms with Gasteiger partial charge in [-0.05, 0) is 50.9 Å². The van der Waals surface area contributed by atoms with E-state index >= 15 is 0 Å². The Kier molecular flexibility index (Phi) is 5.05. The van der Waals surface area contributed by atoms with Crippen molar-refractivity contribution in [3.05, 3.63) is 5.82 Å². The van der Waals surface area contributed by atoms with Crippen LogP contribution in [-0.4, -0.2) is 32.0 Å². The van der Waals surface area contributed by atoms with Crippen LogP contribution in [0, 0.1) is 17.8 Å². The lowest BCUT2D eigenvalue weighted by molar-refractivity contribution is -0.147. The van der Waals surface area contributed by atoms with Gasteiger partial charge >= 0.3 is 6.18 Å². The van der Waals surface area contributed by atoms with Crippen molar-refractivity contribution in [3.63, 3.8) is 0 Å². The van der Waals surface area contributed by atoms with Crippen molar-refractivity contribution in [2.45, 2.75) is 62.2 Å². The molecule has 5 nitrogen and oxygen atoms in total. The summed E-state index contributed by atoms with van der Waals surface area (Å²) in [4.78, 5) is 12.4. The molecule has 0 spiro atoms. The quantitative estimate of drug-likeness (QED) is 0.802. The first-order valence-corrected chi connectivity index (χ1v) is 9.48. The van der Waals surface area contributed by atoms with Crippen molar-refractivity contribution in [1.82, 2.24) is 20.1 Å². The standard InChI is InChI=1S/C16H23F3N4OS/c1-8(12-7-10-4-5-11(12)6-10)20-13(24)9(2)25-15-22-21-14(23(15)3)16(17,18)19/h8-12H,4-7H2,1-3H3,(H,20,24)/t8-,9-,10-,11-,12-/m0/s1. The van der Waals surface area contributed by atoms with E-state index in [1.165, 1.54) is 32.7 Å². The van der Waals surface area contributed by atoms with Crippen molar-refractivity contribution in [2.75, 3.05) is 0 Å². The molecular formula is C16H23F3N4OS. The lowest BCUT2D eigenvalue weighted by Gasteiger charge is -2.29. The molecule has 2 aliphatic rings. The number of carbonyl (C=O) groups is 1. The third kappa shape index (κ3) is 3.80. The molecule has 0 saturated heterocycles. The predicted molar refractivity (Wildman–Crippen MR) is 87.9 cm³/mol. The van der Waals surface area contributed by atoms with Gasteiger partial charge in [0.2, 0.25) is 11.7 Å². The van der Waals surface area contributed by atoms with Gasteiger partial charge in [-0.2, -0.15) is 13.2 Å². The summed E-state index contributed by atoms with van der Waals surface area (Å²) >= 11 is 0.992. The van der Waals surface area contributed by atoms with E-state index in [9.17, 15) is 18.0 Å². The van der Waals surface area contributed by atoms with Gasteiger partial charge in [0.15, 0.2) is 5.16 Å². The average Bonchev–Trinajstić information content (AvgIpc) is 3.22. The smallest absolute Gasteiger partial charge is 0.352 e. The number of alkyl halides is 3. The van der Waals surface area contributed by atoms with Crippen LogP contribution in [0.2, 0.25) is 0 Å². The first kappa shape index (κ1) is 18.5. The highest BCUT2D eigenvalue weighted by molar-refractivity contribution is 8.00. The molecule has 1 aromatic heterocycles. The molecule has 0 unspecified atom stereocenters. The minimum absolute atomic E-state index is 0.0857. The highest BCUT2D eigenvalue weighted by Crippen LogP contribution is 2.49. The molecule has 1 heterocycles. The Morgan fingerprint density at radius 2 is 2.00 bits per heavy atom. The number of hydrogen-bond donors (Lipinski definition) is 1. The molecule has 0 aliphatic heterocycles. The van der Waals surface area contributed by atoms with Crippen molar-refractivity contribution in [1.29, 1.82) is 0 Å². The lowest BCUT2D eigenvalue weighted by Crippen LogP contribution is -2.43. The second-order valence-electron chi connectivity index (χ2n) is 7.26. The van der Waals surface area contributed by atoms with E-state index in [-0.39, 0.29) is 17.1 Å². The second kappa shape index (κ2) is 6.81. The number of thioether (sulfide) groups is 1. The van der Waals surface area contributed by atoms with Gasteiger partial charge in [-0.3, -0.25) is 4.79 Å². The summed E-state index contributed by atoms with van der Waals surface area (Å²) in [5.74, 6) is 0.804. The van der Waals surface area contributed by atoms with Crippen LogP contribution in [0.1, 0.15) is 45.4 Å². The van der Waals surface area contributed by atoms with Crippen LogP contribution < -0.4 is 5.32 Å². The summed E-state index contributed by atoms with van der Waals surface area (Å²) < 4.78 is 39.2. The fraction of sp³-hybridized carbons (Fsp3) is 0.812. The zero-order chi connectivity index (χ0) is 18.4. The molecule has 1 amide bonds. The summed E-state index contributed by atoms with van der Waals surface area (Å²) in [6, 6.07) is 0.0936. The molecular weight excluding hydrogens is 353 g/mol. The molecule has 9 heteroatoms. The molecule has 140 valence electrons. The maximum atomic E-state index is 12.8. The van der Waals surface area contributed by atoms with Gasteiger partial charge < -0.3 is 9.88 Å². The first-order valence-electron chi connectivity index (χ1n) is 8.60. The molecule has 0 radical (unpaired) electrons. The molecule has 5 atom stereocenters. The van der Waals surface area contributed by atoms with E-state index in [2.05, 4.69) is 15.5 Å². The number of carbonyl (C=O) groups excluding carboxylic acids is 1. The number of aromatic nitrogens is 3. The number of amides is 1. The highest BCUT2D eigenvalue weighted by atomic mass is 32.2. The van der Waals surface area contributed by atoms with Crippen LogP contribution >= 0.6 is 11.8 Å². The second-order valence-corrected chi connectivity index (χ2v) is 8.57. The maximum Gasteiger partial charge on any atom is 0.451 e. The molecule has 1 N–H and O–H groups in total. The van der Waals surface area contributed by atoms with E-state index in [0.717, 1.165) is 22.2 Å². The Hall–Kier alpha value is -1.25. The summed E-state index contributed by atoms with van der Waals surface area (Å²) in [6.45, 7) is 3.71. The Morgan fingerprint density at radius 3 is 2.52 bits per heavy atom. The van der Waals surface area contributed by atoms with E-state index in [4.69, 9.17) is 0 Å². The zero-order valence-corrected chi connectivity index (χ0v) is 15.3. The van der Waals surface area contributed by atoms with Crippen molar-refractivity contribution >= 4 is 17.7 Å². The van der Waals surface area contributed by atoms with Gasteiger partial charge in [0.1, 0.15) is 0 Å². The van der Waals surface area contributed by atoms with E-state index in [0.29, 0.717) is 11.8 Å². The van der Waals surface area contributed by atoms with Crippen LogP contribution in [0.4, 0.5) is 13.2 Å². The normalized spacial score (nSPS) is 28.2. The van der Waals surface area contributed by atoms with E-state index < -0.39 is 17.3 Å². The highest BCUT2D eigenvalue weighted by Gasteiger charge is 2.42. The Labute approximate surface area is 149 Å². The van der Waals surface area contributed by atoms with Gasteiger partial charge in [0, 0.05) is 13.1 Å². The Morgan fingerprint density at radius 1 is 1.28 bits per heavy atom. The topological polar surface area (TPSA) is 59.8 Å². The van der Waals surface area contributed by atoms with Crippen molar-refractivity contribution < 1.29 is 18.0 Å². The molecule has 1 aromatic rings. The SMILES string of the molecule is C[C@H](Sc1nnc(C(F)(F)F)n1C)C(=O)N[C@@H](C)[C@@H]1C[C@H]2CC[C@H]1C2. The predicted octanol–water partition coefficient (Wildman–Crippen LogP) is 3.26. The molecule has 2 saturated carbocycles. The molecule has 2 bridgehead atoms. The third-order valence-electron chi connectivity index (χ3n) is 5.54. The number of nitrogens with one attached hydrogen (secondary N) is 1. The first-order chi connectivity index (χ1) is 11.7. The maximum absolute atomic E-state index is 12.8. The van der Waals surface area contributed by atoms with E-state index in [1.807, 2.05) is 6.92 Å². The largest absolute Gasteiger partial charge is 0.451 e. The summed E-state index contributed by atoms with van der Waals surface area (Å²) in [6.07, 6.45) is 0.448. The van der Waals surface area contributed by atoms with Gasteiger partial charge in [0.05, 0.1) is 5.25 Å². The number of rotatable bonds is 5. The molecule has 2 fully saturated rings. The number of nitrogens with zero attached hydrogens (tertiary/aromatic N) is 3. The van der Waals surface area contributed by atoms with Crippen LogP contribution in [0.25, 0.3) is 0 Å². The Balaban J connectivity index is 1.57. The number of halogens is 3. The lowest BCUT2D eigenvalue weighted by atomic mass is 9.84. The summed E-state index contributed by atoms with van der Waals surface area (Å²) in [5, 5.41) is 9.35. The number of hydrogen-bond acceptors (Lipinski definition) is 4. The van der Waals surface area contributed by atoms with Gasteiger partial charge in [-0.15, -0.1) is 10.2 Å². The molecule has 25 heavy (non-hydrogen) atoms. The average molecular weight is 376 g/mol. The van der Waals surface area contributed by atoms with Crippen LogP contribution in [0.3, 0.4) is 0 Å². The monoisotopic (exact) mass is 376 g/mol. The molecule has 2 aliphatic carbocycles.